The quantitative estimate of drug-likeness (QED) is 0.652. The third kappa shape index (κ3) is 4.86. The number of anilines is 1. The number of hydrogen-bond acceptors (Lipinski definition) is 6. The van der Waals surface area contributed by atoms with Crippen LogP contribution in [-0.4, -0.2) is 31.9 Å². The van der Waals surface area contributed by atoms with Crippen molar-refractivity contribution in [2.75, 3.05) is 11.1 Å². The maximum atomic E-state index is 12.0. The van der Waals surface area contributed by atoms with Crippen molar-refractivity contribution in [2.45, 2.75) is 28.8 Å². The molecule has 0 radical (unpaired) electrons. The lowest BCUT2D eigenvalue weighted by Crippen LogP contribution is -2.14. The van der Waals surface area contributed by atoms with Crippen molar-refractivity contribution in [3.8, 4) is 0 Å². The molecule has 2 aromatic carbocycles. The zero-order chi connectivity index (χ0) is 18.5. The van der Waals surface area contributed by atoms with Gasteiger partial charge in [0, 0.05) is 22.5 Å². The second-order valence-electron chi connectivity index (χ2n) is 5.79. The summed E-state index contributed by atoms with van der Waals surface area (Å²) in [6, 6.07) is 14.3. The lowest BCUT2D eigenvalue weighted by atomic mass is 10.1. The predicted molar refractivity (Wildman–Crippen MR) is 105 cm³/mol. The highest BCUT2D eigenvalue weighted by Gasteiger charge is 2.08. The Bertz CT molecular complexity index is 908. The molecule has 0 atom stereocenters. The van der Waals surface area contributed by atoms with E-state index >= 15 is 0 Å². The Labute approximate surface area is 160 Å². The van der Waals surface area contributed by atoms with Gasteiger partial charge in [0.15, 0.2) is 0 Å². The molecule has 1 heterocycles. The molecule has 1 aromatic heterocycles. The Morgan fingerprint density at radius 2 is 1.81 bits per heavy atom. The second-order valence-corrected chi connectivity index (χ2v) is 7.88. The maximum absolute atomic E-state index is 12.0. The topological polar surface area (TPSA) is 72.7 Å². The molecule has 134 valence electrons. The average Bonchev–Trinajstić information content (AvgIpc) is 3.03. The summed E-state index contributed by atoms with van der Waals surface area (Å²) < 4.78 is 1.54. The van der Waals surface area contributed by atoms with E-state index in [2.05, 4.69) is 52.9 Å². The Kier molecular flexibility index (Phi) is 5.95. The van der Waals surface area contributed by atoms with Crippen molar-refractivity contribution in [1.29, 1.82) is 0 Å². The number of amides is 1. The van der Waals surface area contributed by atoms with Crippen LogP contribution in [0.1, 0.15) is 11.1 Å². The lowest BCUT2D eigenvalue weighted by molar-refractivity contribution is -0.113. The van der Waals surface area contributed by atoms with Gasteiger partial charge in [-0.3, -0.25) is 4.79 Å². The number of aromatic nitrogens is 4. The lowest BCUT2D eigenvalue weighted by Gasteiger charge is -2.07. The Hall–Kier alpha value is -2.32. The molecule has 6 nitrogen and oxygen atoms in total. The summed E-state index contributed by atoms with van der Waals surface area (Å²) in [5.74, 6) is 0.167. The predicted octanol–water partition coefficient (Wildman–Crippen LogP) is 3.71. The summed E-state index contributed by atoms with van der Waals surface area (Å²) >= 11 is 3.01. The smallest absolute Gasteiger partial charge is 0.234 e. The molecule has 0 saturated heterocycles. The number of rotatable bonds is 6. The van der Waals surface area contributed by atoms with E-state index < -0.39 is 0 Å². The number of aryl methyl sites for hydroxylation is 3. The maximum Gasteiger partial charge on any atom is 0.234 e. The van der Waals surface area contributed by atoms with Gasteiger partial charge < -0.3 is 5.32 Å². The standard InChI is InChI=1S/C18H19N5OS2/c1-12-4-7-16(10-13(12)2)26-15-8-5-14(6-9-15)19-17(24)11-25-18-20-21-22-23(18)3/h4-10H,11H2,1-3H3,(H,19,24). The van der Waals surface area contributed by atoms with Crippen molar-refractivity contribution < 1.29 is 4.79 Å². The van der Waals surface area contributed by atoms with E-state index in [1.165, 1.54) is 32.5 Å². The van der Waals surface area contributed by atoms with E-state index in [0.29, 0.717) is 5.16 Å². The molecule has 0 aliphatic rings. The number of nitrogens with zero attached hydrogens (tertiary/aromatic N) is 4. The van der Waals surface area contributed by atoms with Crippen LogP contribution in [0.15, 0.2) is 57.4 Å². The fourth-order valence-corrected chi connectivity index (χ4v) is 3.76. The van der Waals surface area contributed by atoms with E-state index in [9.17, 15) is 4.79 Å². The first-order chi connectivity index (χ1) is 12.5. The van der Waals surface area contributed by atoms with E-state index in [4.69, 9.17) is 0 Å². The van der Waals surface area contributed by atoms with E-state index in [1.54, 1.807) is 18.8 Å². The number of carbonyl (C=O) groups is 1. The summed E-state index contributed by atoms with van der Waals surface area (Å²) in [7, 11) is 1.74. The van der Waals surface area contributed by atoms with Gasteiger partial charge in [-0.2, -0.15) is 0 Å². The van der Waals surface area contributed by atoms with Crippen molar-refractivity contribution in [3.63, 3.8) is 0 Å². The average molecular weight is 386 g/mol. The van der Waals surface area contributed by atoms with Crippen LogP contribution in [0.2, 0.25) is 0 Å². The molecule has 0 spiro atoms. The van der Waals surface area contributed by atoms with Crippen LogP contribution >= 0.6 is 23.5 Å². The zero-order valence-corrected chi connectivity index (χ0v) is 16.4. The first-order valence-corrected chi connectivity index (χ1v) is 9.81. The van der Waals surface area contributed by atoms with Crippen LogP contribution in [0.3, 0.4) is 0 Å². The van der Waals surface area contributed by atoms with Crippen LogP contribution < -0.4 is 5.32 Å². The van der Waals surface area contributed by atoms with Crippen LogP contribution in [-0.2, 0) is 11.8 Å². The van der Waals surface area contributed by atoms with Gasteiger partial charge in [-0.25, -0.2) is 4.68 Å². The number of thioether (sulfide) groups is 1. The fraction of sp³-hybridized carbons (Fsp3) is 0.222. The monoisotopic (exact) mass is 385 g/mol. The zero-order valence-electron chi connectivity index (χ0n) is 14.8. The van der Waals surface area contributed by atoms with E-state index in [0.717, 1.165) is 10.6 Å². The molecular formula is C18H19N5OS2. The summed E-state index contributed by atoms with van der Waals surface area (Å²) in [6.07, 6.45) is 0. The third-order valence-corrected chi connectivity index (χ3v) is 5.77. The first kappa shape index (κ1) is 18.5. The Morgan fingerprint density at radius 3 is 2.46 bits per heavy atom. The van der Waals surface area contributed by atoms with Crippen LogP contribution in [0.5, 0.6) is 0 Å². The van der Waals surface area contributed by atoms with Gasteiger partial charge in [-0.1, -0.05) is 29.6 Å². The van der Waals surface area contributed by atoms with Crippen LogP contribution in [0.4, 0.5) is 5.69 Å². The first-order valence-electron chi connectivity index (χ1n) is 8.01. The molecule has 0 aliphatic heterocycles. The van der Waals surface area contributed by atoms with Gasteiger partial charge in [0.2, 0.25) is 11.1 Å². The Morgan fingerprint density at radius 1 is 1.08 bits per heavy atom. The third-order valence-electron chi connectivity index (χ3n) is 3.77. The largest absolute Gasteiger partial charge is 0.325 e. The van der Waals surface area contributed by atoms with Crippen molar-refractivity contribution in [3.05, 3.63) is 53.6 Å². The summed E-state index contributed by atoms with van der Waals surface area (Å²) in [4.78, 5) is 14.4. The number of carbonyl (C=O) groups excluding carboxylic acids is 1. The number of tetrazole rings is 1. The minimum Gasteiger partial charge on any atom is -0.325 e. The molecule has 0 unspecified atom stereocenters. The summed E-state index contributed by atoms with van der Waals surface area (Å²) in [5.41, 5.74) is 3.35. The van der Waals surface area contributed by atoms with Gasteiger partial charge in [-0.05, 0) is 71.8 Å². The minimum absolute atomic E-state index is 0.0902. The molecule has 3 aromatic rings. The molecule has 0 fully saturated rings. The fourth-order valence-electron chi connectivity index (χ4n) is 2.19. The molecule has 1 N–H and O–H groups in total. The summed E-state index contributed by atoms with van der Waals surface area (Å²) in [6.45, 7) is 4.23. The molecule has 26 heavy (non-hydrogen) atoms. The van der Waals surface area contributed by atoms with Gasteiger partial charge in [0.25, 0.3) is 0 Å². The van der Waals surface area contributed by atoms with Gasteiger partial charge >= 0.3 is 0 Å². The van der Waals surface area contributed by atoms with Gasteiger partial charge in [0.1, 0.15) is 0 Å². The Balaban J connectivity index is 1.54. The SMILES string of the molecule is Cc1ccc(Sc2ccc(NC(=O)CSc3nnnn3C)cc2)cc1C. The molecule has 3 rings (SSSR count). The van der Waals surface area contributed by atoms with Crippen LogP contribution in [0, 0.1) is 13.8 Å². The molecule has 1 amide bonds. The van der Waals surface area contributed by atoms with E-state index in [-0.39, 0.29) is 11.7 Å². The highest BCUT2D eigenvalue weighted by atomic mass is 32.2. The molecule has 8 heteroatoms. The van der Waals surface area contributed by atoms with Gasteiger partial charge in [-0.15, -0.1) is 5.10 Å². The highest BCUT2D eigenvalue weighted by Crippen LogP contribution is 2.29. The minimum atomic E-state index is -0.0902. The molecular weight excluding hydrogens is 366 g/mol. The number of nitrogens with one attached hydrogen (secondary N) is 1. The van der Waals surface area contributed by atoms with Gasteiger partial charge in [0.05, 0.1) is 5.75 Å². The van der Waals surface area contributed by atoms with Crippen molar-refractivity contribution in [2.24, 2.45) is 7.05 Å². The van der Waals surface area contributed by atoms with Crippen molar-refractivity contribution >= 4 is 35.1 Å². The second kappa shape index (κ2) is 8.37. The highest BCUT2D eigenvalue weighted by molar-refractivity contribution is 7.99. The van der Waals surface area contributed by atoms with Crippen LogP contribution in [0.25, 0.3) is 0 Å². The molecule has 0 saturated carbocycles. The van der Waals surface area contributed by atoms with E-state index in [1.807, 2.05) is 24.3 Å². The summed E-state index contributed by atoms with van der Waals surface area (Å²) in [5, 5.41) is 14.6. The molecule has 0 bridgehead atoms. The normalized spacial score (nSPS) is 10.7. The number of hydrogen-bond donors (Lipinski definition) is 1. The van der Waals surface area contributed by atoms with Crippen molar-refractivity contribution in [1.82, 2.24) is 20.2 Å². The molecule has 0 aliphatic carbocycles. The number of benzene rings is 2.